The number of nitrogens with one attached hydrogen (secondary N) is 1. The van der Waals surface area contributed by atoms with Gasteiger partial charge in [0.25, 0.3) is 0 Å². The van der Waals surface area contributed by atoms with Crippen molar-refractivity contribution >= 4 is 0 Å². The van der Waals surface area contributed by atoms with Gasteiger partial charge >= 0.3 is 0 Å². The molecular weight excluding hydrogens is 224 g/mol. The summed E-state index contributed by atoms with van der Waals surface area (Å²) < 4.78 is 5.13. The van der Waals surface area contributed by atoms with Crippen molar-refractivity contribution < 1.29 is 4.74 Å². The van der Waals surface area contributed by atoms with Crippen LogP contribution in [-0.2, 0) is 6.54 Å². The molecule has 96 valence electrons. The van der Waals surface area contributed by atoms with Gasteiger partial charge in [0.1, 0.15) is 0 Å². The molecule has 1 heterocycles. The quantitative estimate of drug-likeness (QED) is 0.808. The van der Waals surface area contributed by atoms with Gasteiger partial charge in [-0.05, 0) is 48.8 Å². The van der Waals surface area contributed by atoms with E-state index in [0.717, 1.165) is 30.8 Å². The summed E-state index contributed by atoms with van der Waals surface area (Å²) in [5.41, 5.74) is 1.24. The number of aromatic nitrogens is 1. The molecule has 1 fully saturated rings. The molecule has 3 heteroatoms. The van der Waals surface area contributed by atoms with Crippen LogP contribution in [0.3, 0.4) is 0 Å². The van der Waals surface area contributed by atoms with Gasteiger partial charge in [-0.15, -0.1) is 0 Å². The van der Waals surface area contributed by atoms with Crippen LogP contribution in [0, 0.1) is 17.8 Å². The second-order valence-corrected chi connectivity index (χ2v) is 5.38. The summed E-state index contributed by atoms with van der Waals surface area (Å²) in [6.07, 6.45) is 9.37. The van der Waals surface area contributed by atoms with E-state index in [9.17, 15) is 0 Å². The van der Waals surface area contributed by atoms with Crippen molar-refractivity contribution in [1.82, 2.24) is 10.3 Å². The Morgan fingerprint density at radius 1 is 1.39 bits per heavy atom. The third-order valence-corrected chi connectivity index (χ3v) is 4.16. The lowest BCUT2D eigenvalue weighted by Crippen LogP contribution is -2.25. The van der Waals surface area contributed by atoms with Gasteiger partial charge < -0.3 is 10.1 Å². The molecule has 0 aromatic carbocycles. The molecule has 2 aliphatic carbocycles. The fraction of sp³-hybridized carbons (Fsp3) is 0.533. The Morgan fingerprint density at radius 3 is 3.06 bits per heavy atom. The third kappa shape index (κ3) is 2.41. The molecule has 3 atom stereocenters. The number of pyridine rings is 1. The first-order chi connectivity index (χ1) is 8.85. The van der Waals surface area contributed by atoms with Crippen LogP contribution in [-0.4, -0.2) is 18.6 Å². The van der Waals surface area contributed by atoms with Crippen molar-refractivity contribution in [2.24, 2.45) is 17.8 Å². The molecule has 0 saturated heterocycles. The smallest absolute Gasteiger partial charge is 0.213 e. The van der Waals surface area contributed by atoms with Gasteiger partial charge in [-0.1, -0.05) is 12.2 Å². The van der Waals surface area contributed by atoms with Gasteiger partial charge in [0, 0.05) is 18.8 Å². The minimum Gasteiger partial charge on any atom is -0.481 e. The molecule has 2 bridgehead atoms. The van der Waals surface area contributed by atoms with Crippen molar-refractivity contribution in [3.05, 3.63) is 36.0 Å². The van der Waals surface area contributed by atoms with Crippen LogP contribution in [0.15, 0.2) is 30.5 Å². The minimum absolute atomic E-state index is 0.692. The van der Waals surface area contributed by atoms with Crippen LogP contribution < -0.4 is 10.1 Å². The maximum Gasteiger partial charge on any atom is 0.213 e. The van der Waals surface area contributed by atoms with E-state index in [1.807, 2.05) is 12.1 Å². The zero-order chi connectivity index (χ0) is 12.4. The van der Waals surface area contributed by atoms with Gasteiger partial charge in [-0.2, -0.15) is 0 Å². The highest BCUT2D eigenvalue weighted by Crippen LogP contribution is 2.42. The lowest BCUT2D eigenvalue weighted by atomic mass is 9.93. The summed E-state index contributed by atoms with van der Waals surface area (Å²) in [4.78, 5) is 4.12. The van der Waals surface area contributed by atoms with Gasteiger partial charge in [0.15, 0.2) is 0 Å². The van der Waals surface area contributed by atoms with E-state index in [0.29, 0.717) is 5.88 Å². The molecule has 3 nitrogen and oxygen atoms in total. The maximum absolute atomic E-state index is 5.13. The summed E-state index contributed by atoms with van der Waals surface area (Å²) in [5.74, 6) is 3.22. The first-order valence-corrected chi connectivity index (χ1v) is 6.73. The Hall–Kier alpha value is -1.35. The number of methoxy groups -OCH3 is 1. The zero-order valence-electron chi connectivity index (χ0n) is 10.8. The normalized spacial score (nSPS) is 28.8. The number of hydrogen-bond acceptors (Lipinski definition) is 3. The number of fused-ring (bicyclic) bond motifs is 2. The second kappa shape index (κ2) is 5.11. The highest BCUT2D eigenvalue weighted by Gasteiger charge is 2.34. The molecule has 3 unspecified atom stereocenters. The average molecular weight is 244 g/mol. The largest absolute Gasteiger partial charge is 0.481 e. The van der Waals surface area contributed by atoms with E-state index >= 15 is 0 Å². The number of nitrogens with zero attached hydrogens (tertiary/aromatic N) is 1. The molecule has 3 rings (SSSR count). The van der Waals surface area contributed by atoms with E-state index < -0.39 is 0 Å². The molecule has 1 aromatic rings. The summed E-state index contributed by atoms with van der Waals surface area (Å²) in [7, 11) is 1.65. The molecule has 1 N–H and O–H groups in total. The standard InChI is InChI=1S/C15H20N2O/c1-18-15-8-12(4-5-17-15)9-16-10-14-7-11-2-3-13(14)6-11/h2-5,8,11,13-14,16H,6-7,9-10H2,1H3. The molecule has 1 aromatic heterocycles. The maximum atomic E-state index is 5.13. The van der Waals surface area contributed by atoms with Crippen molar-refractivity contribution in [1.29, 1.82) is 0 Å². The van der Waals surface area contributed by atoms with Crippen LogP contribution in [0.5, 0.6) is 5.88 Å². The van der Waals surface area contributed by atoms with Gasteiger partial charge in [-0.25, -0.2) is 4.98 Å². The highest BCUT2D eigenvalue weighted by atomic mass is 16.5. The Balaban J connectivity index is 1.48. The van der Waals surface area contributed by atoms with Crippen molar-refractivity contribution in [3.8, 4) is 5.88 Å². The first-order valence-electron chi connectivity index (χ1n) is 6.73. The third-order valence-electron chi connectivity index (χ3n) is 4.16. The van der Waals surface area contributed by atoms with Gasteiger partial charge in [0.05, 0.1) is 7.11 Å². The Kier molecular flexibility index (Phi) is 3.33. The predicted molar refractivity (Wildman–Crippen MR) is 71.3 cm³/mol. The lowest BCUT2D eigenvalue weighted by Gasteiger charge is -2.18. The van der Waals surface area contributed by atoms with E-state index in [2.05, 4.69) is 22.5 Å². The van der Waals surface area contributed by atoms with E-state index in [4.69, 9.17) is 4.74 Å². The molecule has 2 aliphatic rings. The van der Waals surface area contributed by atoms with Gasteiger partial charge in [0.2, 0.25) is 5.88 Å². The van der Waals surface area contributed by atoms with Crippen molar-refractivity contribution in [2.45, 2.75) is 19.4 Å². The molecule has 1 saturated carbocycles. The topological polar surface area (TPSA) is 34.1 Å². The average Bonchev–Trinajstić information content (AvgIpc) is 3.01. The monoisotopic (exact) mass is 244 g/mol. The number of hydrogen-bond donors (Lipinski definition) is 1. The summed E-state index contributed by atoms with van der Waals surface area (Å²) in [6, 6.07) is 4.03. The predicted octanol–water partition coefficient (Wildman–Crippen LogP) is 2.39. The first kappa shape index (κ1) is 11.7. The number of ether oxygens (including phenoxy) is 1. The zero-order valence-corrected chi connectivity index (χ0v) is 10.8. The molecule has 0 amide bonds. The Morgan fingerprint density at radius 2 is 2.33 bits per heavy atom. The molecule has 0 radical (unpaired) electrons. The fourth-order valence-electron chi connectivity index (χ4n) is 3.20. The highest BCUT2D eigenvalue weighted by molar-refractivity contribution is 5.20. The molecule has 18 heavy (non-hydrogen) atoms. The van der Waals surface area contributed by atoms with Crippen LogP contribution in [0.1, 0.15) is 18.4 Å². The van der Waals surface area contributed by atoms with Crippen LogP contribution >= 0.6 is 0 Å². The molecule has 0 spiro atoms. The SMILES string of the molecule is COc1cc(CNCC2CC3C=CC2C3)ccn1. The summed E-state index contributed by atoms with van der Waals surface area (Å²) in [6.45, 7) is 2.02. The lowest BCUT2D eigenvalue weighted by molar-refractivity contribution is 0.395. The van der Waals surface area contributed by atoms with Crippen molar-refractivity contribution in [2.75, 3.05) is 13.7 Å². The van der Waals surface area contributed by atoms with E-state index in [1.54, 1.807) is 13.3 Å². The Labute approximate surface area is 108 Å². The van der Waals surface area contributed by atoms with Gasteiger partial charge in [-0.3, -0.25) is 0 Å². The second-order valence-electron chi connectivity index (χ2n) is 5.38. The summed E-state index contributed by atoms with van der Waals surface area (Å²) >= 11 is 0. The molecular formula is C15H20N2O. The van der Waals surface area contributed by atoms with Crippen molar-refractivity contribution in [3.63, 3.8) is 0 Å². The summed E-state index contributed by atoms with van der Waals surface area (Å²) in [5, 5.41) is 3.56. The minimum atomic E-state index is 0.692. The van der Waals surface area contributed by atoms with E-state index in [1.165, 1.54) is 18.4 Å². The van der Waals surface area contributed by atoms with E-state index in [-0.39, 0.29) is 0 Å². The van der Waals surface area contributed by atoms with Crippen LogP contribution in [0.4, 0.5) is 0 Å². The Bertz CT molecular complexity index is 444. The fourth-order valence-corrected chi connectivity index (χ4v) is 3.20. The number of allylic oxidation sites excluding steroid dienone is 2. The van der Waals surface area contributed by atoms with Crippen LogP contribution in [0.2, 0.25) is 0 Å². The van der Waals surface area contributed by atoms with Crippen LogP contribution in [0.25, 0.3) is 0 Å². The molecule has 0 aliphatic heterocycles. The number of rotatable bonds is 5.